The molecule has 0 aromatic carbocycles. The topological polar surface area (TPSA) is 17.1 Å². The molecule has 0 aliphatic heterocycles. The second kappa shape index (κ2) is 6.30. The van der Waals surface area contributed by atoms with Gasteiger partial charge in [-0.25, -0.2) is 0 Å². The van der Waals surface area contributed by atoms with Gasteiger partial charge in [-0.05, 0) is 26.7 Å². The lowest BCUT2D eigenvalue weighted by atomic mass is 10.2. The van der Waals surface area contributed by atoms with Gasteiger partial charge in [-0.1, -0.05) is 30.3 Å². The van der Waals surface area contributed by atoms with Crippen LogP contribution in [-0.2, 0) is 4.79 Å². The van der Waals surface area contributed by atoms with Gasteiger partial charge in [-0.2, -0.15) is 0 Å². The van der Waals surface area contributed by atoms with Crippen LogP contribution in [-0.4, -0.2) is 10.4 Å². The highest BCUT2D eigenvalue weighted by Crippen LogP contribution is 2.16. The SMILES string of the molecule is CC(=O)SC(C)CCC=C(C)C. The second-order valence-corrected chi connectivity index (χ2v) is 4.89. The maximum Gasteiger partial charge on any atom is 0.186 e. The number of carbonyl (C=O) groups excluding carboxylic acids is 1. The van der Waals surface area contributed by atoms with Gasteiger partial charge >= 0.3 is 0 Å². The fraction of sp³-hybridized carbons (Fsp3) is 0.700. The van der Waals surface area contributed by atoms with Gasteiger partial charge in [0.2, 0.25) is 0 Å². The highest BCUT2D eigenvalue weighted by Gasteiger charge is 2.03. The smallest absolute Gasteiger partial charge is 0.186 e. The van der Waals surface area contributed by atoms with E-state index in [0.29, 0.717) is 5.25 Å². The number of rotatable bonds is 4. The minimum absolute atomic E-state index is 0.222. The lowest BCUT2D eigenvalue weighted by molar-refractivity contribution is -0.109. The Labute approximate surface area is 79.6 Å². The third kappa shape index (κ3) is 7.86. The van der Waals surface area contributed by atoms with Gasteiger partial charge in [0.05, 0.1) is 0 Å². The van der Waals surface area contributed by atoms with Crippen molar-refractivity contribution in [3.8, 4) is 0 Å². The molecule has 1 unspecified atom stereocenters. The Kier molecular flexibility index (Phi) is 6.17. The molecule has 12 heavy (non-hydrogen) atoms. The van der Waals surface area contributed by atoms with Crippen molar-refractivity contribution in [3.63, 3.8) is 0 Å². The van der Waals surface area contributed by atoms with Gasteiger partial charge in [-0.3, -0.25) is 4.79 Å². The van der Waals surface area contributed by atoms with Crippen molar-refractivity contribution < 1.29 is 4.79 Å². The van der Waals surface area contributed by atoms with Crippen molar-refractivity contribution in [2.24, 2.45) is 0 Å². The van der Waals surface area contributed by atoms with Gasteiger partial charge in [-0.15, -0.1) is 0 Å². The molecule has 0 saturated carbocycles. The van der Waals surface area contributed by atoms with Crippen molar-refractivity contribution in [2.75, 3.05) is 0 Å². The normalized spacial score (nSPS) is 12.3. The zero-order chi connectivity index (χ0) is 9.56. The Bertz CT molecular complexity index is 169. The first-order chi connectivity index (χ1) is 5.52. The van der Waals surface area contributed by atoms with E-state index in [-0.39, 0.29) is 5.12 Å². The van der Waals surface area contributed by atoms with Gasteiger partial charge in [0.1, 0.15) is 0 Å². The zero-order valence-electron chi connectivity index (χ0n) is 8.39. The average molecular weight is 186 g/mol. The summed E-state index contributed by atoms with van der Waals surface area (Å²) in [5.74, 6) is 0. The lowest BCUT2D eigenvalue weighted by Crippen LogP contribution is -1.98. The standard InChI is InChI=1S/C10H18OS/c1-8(2)6-5-7-9(3)12-10(4)11/h6,9H,5,7H2,1-4H3. The molecule has 0 rings (SSSR count). The molecule has 0 amide bonds. The predicted molar refractivity (Wildman–Crippen MR) is 56.4 cm³/mol. The monoisotopic (exact) mass is 186 g/mol. The van der Waals surface area contributed by atoms with E-state index in [1.807, 2.05) is 0 Å². The summed E-state index contributed by atoms with van der Waals surface area (Å²) in [4.78, 5) is 10.7. The van der Waals surface area contributed by atoms with Gasteiger partial charge in [0, 0.05) is 12.2 Å². The maximum absolute atomic E-state index is 10.7. The largest absolute Gasteiger partial charge is 0.288 e. The first-order valence-electron chi connectivity index (χ1n) is 4.33. The Morgan fingerprint density at radius 1 is 1.42 bits per heavy atom. The van der Waals surface area contributed by atoms with Crippen LogP contribution in [0.25, 0.3) is 0 Å². The van der Waals surface area contributed by atoms with Crippen LogP contribution in [0.1, 0.15) is 40.5 Å². The highest BCUT2D eigenvalue weighted by molar-refractivity contribution is 8.14. The van der Waals surface area contributed by atoms with E-state index in [2.05, 4.69) is 26.8 Å². The van der Waals surface area contributed by atoms with Crippen LogP contribution in [0, 0.1) is 0 Å². The summed E-state index contributed by atoms with van der Waals surface area (Å²) in [6, 6.07) is 0. The first-order valence-corrected chi connectivity index (χ1v) is 5.21. The fourth-order valence-corrected chi connectivity index (χ4v) is 1.77. The molecule has 0 N–H and O–H groups in total. The summed E-state index contributed by atoms with van der Waals surface area (Å²) in [7, 11) is 0. The quantitative estimate of drug-likeness (QED) is 0.626. The Balaban J connectivity index is 3.50. The molecular formula is C10H18OS. The van der Waals surface area contributed by atoms with E-state index >= 15 is 0 Å². The summed E-state index contributed by atoms with van der Waals surface area (Å²) in [6.07, 6.45) is 4.40. The predicted octanol–water partition coefficient (Wildman–Crippen LogP) is 3.40. The molecule has 0 bridgehead atoms. The van der Waals surface area contributed by atoms with E-state index in [4.69, 9.17) is 0 Å². The van der Waals surface area contributed by atoms with Gasteiger partial charge in [0.25, 0.3) is 0 Å². The van der Waals surface area contributed by atoms with Crippen LogP contribution >= 0.6 is 11.8 Å². The van der Waals surface area contributed by atoms with Crippen molar-refractivity contribution in [2.45, 2.75) is 45.8 Å². The summed E-state index contributed by atoms with van der Waals surface area (Å²) >= 11 is 1.44. The highest BCUT2D eigenvalue weighted by atomic mass is 32.2. The first kappa shape index (κ1) is 11.8. The number of carbonyl (C=O) groups is 1. The van der Waals surface area contributed by atoms with Gasteiger partial charge in [0.15, 0.2) is 5.12 Å². The van der Waals surface area contributed by atoms with Crippen molar-refractivity contribution in [1.82, 2.24) is 0 Å². The molecule has 1 nitrogen and oxygen atoms in total. The van der Waals surface area contributed by atoms with Crippen molar-refractivity contribution >= 4 is 16.9 Å². The number of hydrogen-bond donors (Lipinski definition) is 0. The third-order valence-corrected chi connectivity index (χ3v) is 2.46. The molecule has 0 aliphatic carbocycles. The van der Waals surface area contributed by atoms with Gasteiger partial charge < -0.3 is 0 Å². The summed E-state index contributed by atoms with van der Waals surface area (Å²) in [5.41, 5.74) is 1.36. The van der Waals surface area contributed by atoms with Crippen LogP contribution < -0.4 is 0 Å². The van der Waals surface area contributed by atoms with Crippen LogP contribution in [0.5, 0.6) is 0 Å². The number of hydrogen-bond acceptors (Lipinski definition) is 2. The minimum atomic E-state index is 0.222. The third-order valence-electron chi connectivity index (χ3n) is 1.49. The fourth-order valence-electron chi connectivity index (χ4n) is 0.949. The molecule has 0 radical (unpaired) electrons. The molecule has 2 heteroatoms. The molecule has 0 aromatic heterocycles. The van der Waals surface area contributed by atoms with Crippen LogP contribution in [0.15, 0.2) is 11.6 Å². The lowest BCUT2D eigenvalue weighted by Gasteiger charge is -2.05. The molecule has 0 spiro atoms. The summed E-state index contributed by atoms with van der Waals surface area (Å²) < 4.78 is 0. The molecule has 0 fully saturated rings. The van der Waals surface area contributed by atoms with Crippen LogP contribution in [0.4, 0.5) is 0 Å². The molecule has 1 atom stereocenters. The average Bonchev–Trinajstić information content (AvgIpc) is 1.84. The Morgan fingerprint density at radius 3 is 2.42 bits per heavy atom. The molecular weight excluding hydrogens is 168 g/mol. The van der Waals surface area contributed by atoms with Crippen LogP contribution in [0.2, 0.25) is 0 Å². The molecule has 0 aromatic rings. The molecule has 0 aliphatic rings. The zero-order valence-corrected chi connectivity index (χ0v) is 9.20. The summed E-state index contributed by atoms with van der Waals surface area (Å²) in [6.45, 7) is 7.93. The Hall–Kier alpha value is -0.240. The Morgan fingerprint density at radius 2 is 2.00 bits per heavy atom. The minimum Gasteiger partial charge on any atom is -0.288 e. The van der Waals surface area contributed by atoms with E-state index in [1.165, 1.54) is 17.3 Å². The van der Waals surface area contributed by atoms with Crippen LogP contribution in [0.3, 0.4) is 0 Å². The van der Waals surface area contributed by atoms with Crippen molar-refractivity contribution in [1.29, 1.82) is 0 Å². The molecule has 0 saturated heterocycles. The van der Waals surface area contributed by atoms with E-state index in [0.717, 1.165) is 12.8 Å². The molecule has 0 heterocycles. The van der Waals surface area contributed by atoms with Crippen molar-refractivity contribution in [3.05, 3.63) is 11.6 Å². The summed E-state index contributed by atoms with van der Waals surface area (Å²) in [5, 5.41) is 0.679. The van der Waals surface area contributed by atoms with E-state index in [1.54, 1.807) is 6.92 Å². The number of thioether (sulfide) groups is 1. The second-order valence-electron chi connectivity index (χ2n) is 3.28. The maximum atomic E-state index is 10.7. The van der Waals surface area contributed by atoms with E-state index < -0.39 is 0 Å². The van der Waals surface area contributed by atoms with E-state index in [9.17, 15) is 4.79 Å². The molecule has 70 valence electrons. The number of allylic oxidation sites excluding steroid dienone is 2.